The first-order chi connectivity index (χ1) is 13.4. The van der Waals surface area contributed by atoms with Gasteiger partial charge >= 0.3 is 0 Å². The molecule has 3 rings (SSSR count). The second kappa shape index (κ2) is 8.94. The van der Waals surface area contributed by atoms with Crippen molar-refractivity contribution < 1.29 is 22.8 Å². The van der Waals surface area contributed by atoms with Crippen LogP contribution in [0.4, 0.5) is 0 Å². The van der Waals surface area contributed by atoms with E-state index in [4.69, 9.17) is 9.47 Å². The Bertz CT molecular complexity index is 889. The maximum absolute atomic E-state index is 12.9. The van der Waals surface area contributed by atoms with Crippen molar-refractivity contribution >= 4 is 10.0 Å². The van der Waals surface area contributed by atoms with Gasteiger partial charge in [0.1, 0.15) is 18.0 Å². The van der Waals surface area contributed by atoms with E-state index in [9.17, 15) is 8.42 Å². The van der Waals surface area contributed by atoms with Gasteiger partial charge in [-0.05, 0) is 50.2 Å². The lowest BCUT2D eigenvalue weighted by molar-refractivity contribution is -0.917. The quantitative estimate of drug-likeness (QED) is 0.758. The van der Waals surface area contributed by atoms with Crippen LogP contribution in [-0.2, 0) is 16.6 Å². The van der Waals surface area contributed by atoms with Crippen molar-refractivity contribution in [2.45, 2.75) is 25.3 Å². The SMILES string of the molecule is CCOc1ccc(S(=O)(=O)N2CC[NH+](Cc3cc(C)ccc3OC)CC2)cc1. The second-order valence-electron chi connectivity index (χ2n) is 7.05. The minimum absolute atomic E-state index is 0.319. The Morgan fingerprint density at radius 3 is 2.36 bits per heavy atom. The third-order valence-electron chi connectivity index (χ3n) is 5.08. The van der Waals surface area contributed by atoms with Gasteiger partial charge in [0.05, 0.1) is 44.8 Å². The molecule has 0 aromatic heterocycles. The van der Waals surface area contributed by atoms with Crippen molar-refractivity contribution in [3.8, 4) is 11.5 Å². The first-order valence-corrected chi connectivity index (χ1v) is 11.1. The van der Waals surface area contributed by atoms with Crippen molar-refractivity contribution in [3.05, 3.63) is 53.6 Å². The van der Waals surface area contributed by atoms with Gasteiger partial charge in [-0.15, -0.1) is 0 Å². The lowest BCUT2D eigenvalue weighted by Crippen LogP contribution is -3.13. The van der Waals surface area contributed by atoms with Gasteiger partial charge in [-0.25, -0.2) is 8.42 Å². The molecule has 2 aromatic rings. The zero-order chi connectivity index (χ0) is 20.1. The van der Waals surface area contributed by atoms with E-state index < -0.39 is 10.0 Å². The molecular formula is C21H29N2O4S+. The van der Waals surface area contributed by atoms with Gasteiger partial charge in [-0.1, -0.05) is 11.6 Å². The first-order valence-electron chi connectivity index (χ1n) is 9.64. The Hall–Kier alpha value is -2.09. The van der Waals surface area contributed by atoms with Gasteiger partial charge < -0.3 is 14.4 Å². The van der Waals surface area contributed by atoms with Crippen LogP contribution in [0.15, 0.2) is 47.4 Å². The lowest BCUT2D eigenvalue weighted by atomic mass is 10.1. The Morgan fingerprint density at radius 2 is 1.75 bits per heavy atom. The maximum atomic E-state index is 12.9. The Labute approximate surface area is 167 Å². The van der Waals surface area contributed by atoms with Gasteiger partial charge in [0.25, 0.3) is 0 Å². The van der Waals surface area contributed by atoms with Crippen LogP contribution < -0.4 is 14.4 Å². The van der Waals surface area contributed by atoms with Crippen molar-refractivity contribution in [1.29, 1.82) is 0 Å². The zero-order valence-corrected chi connectivity index (χ0v) is 17.6. The topological polar surface area (TPSA) is 60.3 Å². The van der Waals surface area contributed by atoms with Crippen LogP contribution in [-0.4, -0.2) is 52.6 Å². The third-order valence-corrected chi connectivity index (χ3v) is 6.99. The molecule has 1 fully saturated rings. The van der Waals surface area contributed by atoms with E-state index in [2.05, 4.69) is 13.0 Å². The molecule has 0 spiro atoms. The van der Waals surface area contributed by atoms with Crippen LogP contribution in [0.25, 0.3) is 0 Å². The van der Waals surface area contributed by atoms with Crippen LogP contribution in [0.2, 0.25) is 0 Å². The fourth-order valence-electron chi connectivity index (χ4n) is 3.56. The maximum Gasteiger partial charge on any atom is 0.243 e. The number of piperazine rings is 1. The molecule has 0 saturated carbocycles. The molecule has 0 atom stereocenters. The fourth-order valence-corrected chi connectivity index (χ4v) is 5.00. The highest BCUT2D eigenvalue weighted by Gasteiger charge is 2.30. The molecular weight excluding hydrogens is 376 g/mol. The molecule has 1 saturated heterocycles. The molecule has 0 unspecified atom stereocenters. The van der Waals surface area contributed by atoms with Crippen LogP contribution in [0, 0.1) is 6.92 Å². The number of nitrogens with zero attached hydrogens (tertiary/aromatic N) is 1. The van der Waals surface area contributed by atoms with Gasteiger partial charge in [0, 0.05) is 5.56 Å². The first kappa shape index (κ1) is 20.6. The number of hydrogen-bond acceptors (Lipinski definition) is 4. The summed E-state index contributed by atoms with van der Waals surface area (Å²) in [5.74, 6) is 1.57. The Morgan fingerprint density at radius 1 is 1.07 bits per heavy atom. The van der Waals surface area contributed by atoms with Crippen molar-refractivity contribution in [3.63, 3.8) is 0 Å². The predicted octanol–water partition coefficient (Wildman–Crippen LogP) is 1.49. The summed E-state index contributed by atoms with van der Waals surface area (Å²) in [6.45, 7) is 7.93. The number of rotatable bonds is 7. The number of ether oxygens (including phenoxy) is 2. The minimum Gasteiger partial charge on any atom is -0.496 e. The molecule has 28 heavy (non-hydrogen) atoms. The summed E-state index contributed by atoms with van der Waals surface area (Å²) >= 11 is 0. The van der Waals surface area contributed by atoms with Crippen LogP contribution in [0.3, 0.4) is 0 Å². The molecule has 0 amide bonds. The van der Waals surface area contributed by atoms with Gasteiger partial charge in [0.2, 0.25) is 10.0 Å². The average Bonchev–Trinajstić information content (AvgIpc) is 2.69. The largest absolute Gasteiger partial charge is 0.496 e. The van der Waals surface area contributed by atoms with E-state index in [1.54, 1.807) is 35.7 Å². The highest BCUT2D eigenvalue weighted by atomic mass is 32.2. The van der Waals surface area contributed by atoms with Crippen LogP contribution >= 0.6 is 0 Å². The number of quaternary nitrogens is 1. The van der Waals surface area contributed by atoms with Gasteiger partial charge in [0.15, 0.2) is 0 Å². The van der Waals surface area contributed by atoms with Crippen LogP contribution in [0.5, 0.6) is 11.5 Å². The van der Waals surface area contributed by atoms with E-state index in [1.165, 1.54) is 16.0 Å². The number of methoxy groups -OCH3 is 1. The molecule has 1 aliphatic rings. The molecule has 1 heterocycles. The molecule has 0 aliphatic carbocycles. The van der Waals surface area contributed by atoms with Gasteiger partial charge in [-0.2, -0.15) is 4.31 Å². The summed E-state index contributed by atoms with van der Waals surface area (Å²) in [7, 11) is -1.78. The number of hydrogen-bond donors (Lipinski definition) is 1. The third kappa shape index (κ3) is 4.66. The van der Waals surface area contributed by atoms with E-state index in [0.29, 0.717) is 30.3 Å². The number of sulfonamides is 1. The van der Waals surface area contributed by atoms with E-state index in [-0.39, 0.29) is 0 Å². The number of aryl methyl sites for hydroxylation is 1. The summed E-state index contributed by atoms with van der Waals surface area (Å²) in [6, 6.07) is 12.8. The summed E-state index contributed by atoms with van der Waals surface area (Å²) in [6.07, 6.45) is 0. The lowest BCUT2D eigenvalue weighted by Gasteiger charge is -2.31. The summed E-state index contributed by atoms with van der Waals surface area (Å²) in [5.41, 5.74) is 2.37. The fraction of sp³-hybridized carbons (Fsp3) is 0.429. The standard InChI is InChI=1S/C21H28N2O4S/c1-4-27-19-6-8-20(9-7-19)28(24,25)23-13-11-22(12-14-23)16-18-15-17(2)5-10-21(18)26-3/h5-10,15H,4,11-14,16H2,1-3H3/p+1. The molecule has 2 aromatic carbocycles. The predicted molar refractivity (Wildman–Crippen MR) is 109 cm³/mol. The molecule has 6 nitrogen and oxygen atoms in total. The molecule has 1 N–H and O–H groups in total. The van der Waals surface area contributed by atoms with Gasteiger partial charge in [-0.3, -0.25) is 0 Å². The van der Waals surface area contributed by atoms with E-state index >= 15 is 0 Å². The molecule has 0 radical (unpaired) electrons. The number of nitrogens with one attached hydrogen (secondary N) is 1. The zero-order valence-electron chi connectivity index (χ0n) is 16.8. The van der Waals surface area contributed by atoms with E-state index in [0.717, 1.165) is 25.4 Å². The molecule has 1 aliphatic heterocycles. The smallest absolute Gasteiger partial charge is 0.243 e. The summed E-state index contributed by atoms with van der Waals surface area (Å²) < 4.78 is 38.3. The average molecular weight is 406 g/mol. The van der Waals surface area contributed by atoms with Crippen molar-refractivity contribution in [1.82, 2.24) is 4.31 Å². The number of benzene rings is 2. The summed E-state index contributed by atoms with van der Waals surface area (Å²) in [4.78, 5) is 1.68. The highest BCUT2D eigenvalue weighted by Crippen LogP contribution is 2.21. The van der Waals surface area contributed by atoms with Crippen molar-refractivity contribution in [2.24, 2.45) is 0 Å². The molecule has 152 valence electrons. The Balaban J connectivity index is 1.64. The summed E-state index contributed by atoms with van der Waals surface area (Å²) in [5, 5.41) is 0. The van der Waals surface area contributed by atoms with E-state index in [1.807, 2.05) is 19.1 Å². The van der Waals surface area contributed by atoms with Crippen LogP contribution in [0.1, 0.15) is 18.1 Å². The molecule has 0 bridgehead atoms. The Kier molecular flexibility index (Phi) is 6.59. The highest BCUT2D eigenvalue weighted by molar-refractivity contribution is 7.89. The second-order valence-corrected chi connectivity index (χ2v) is 8.99. The normalized spacial score (nSPS) is 16.1. The monoisotopic (exact) mass is 405 g/mol. The molecule has 7 heteroatoms. The minimum atomic E-state index is -3.47. The van der Waals surface area contributed by atoms with Crippen molar-refractivity contribution in [2.75, 3.05) is 39.9 Å².